The van der Waals surface area contributed by atoms with Crippen molar-refractivity contribution in [2.45, 2.75) is 51.4 Å². The minimum absolute atomic E-state index is 0.00958. The van der Waals surface area contributed by atoms with Gasteiger partial charge in [-0.1, -0.05) is 30.9 Å². The fourth-order valence-corrected chi connectivity index (χ4v) is 3.11. The molecule has 0 N–H and O–H groups in total. The molecule has 0 unspecified atom stereocenters. The van der Waals surface area contributed by atoms with Crippen LogP contribution in [0.25, 0.3) is 0 Å². The van der Waals surface area contributed by atoms with Crippen LogP contribution in [0.1, 0.15) is 51.4 Å². The first-order chi connectivity index (χ1) is 7.29. The van der Waals surface area contributed by atoms with Gasteiger partial charge in [-0.2, -0.15) is 0 Å². The molecule has 0 aromatic carbocycles. The lowest BCUT2D eigenvalue weighted by Crippen LogP contribution is -2.36. The van der Waals surface area contributed by atoms with Crippen molar-refractivity contribution in [1.82, 2.24) is 0 Å². The van der Waals surface area contributed by atoms with E-state index in [1.165, 1.54) is 38.4 Å². The highest BCUT2D eigenvalue weighted by molar-refractivity contribution is 5.80. The summed E-state index contributed by atoms with van der Waals surface area (Å²) in [7, 11) is 1.52. The Balaban J connectivity index is 2.24. The summed E-state index contributed by atoms with van der Waals surface area (Å²) in [4.78, 5) is 12.0. The monoisotopic (exact) mass is 208 g/mol. The summed E-state index contributed by atoms with van der Waals surface area (Å²) >= 11 is 0. The number of carbonyl (C=O) groups is 1. The molecule has 0 aliphatic heterocycles. The highest BCUT2D eigenvalue weighted by Crippen LogP contribution is 2.47. The fraction of sp³-hybridized carbons (Fsp3) is 0.769. The molecule has 0 atom stereocenters. The van der Waals surface area contributed by atoms with Gasteiger partial charge in [-0.3, -0.25) is 4.79 Å². The highest BCUT2D eigenvalue weighted by Gasteiger charge is 2.43. The number of ether oxygens (including phenoxy) is 1. The molecule has 0 aromatic heterocycles. The lowest BCUT2D eigenvalue weighted by molar-refractivity contribution is -0.152. The minimum Gasteiger partial charge on any atom is -0.468 e. The van der Waals surface area contributed by atoms with Gasteiger partial charge in [0.05, 0.1) is 12.5 Å². The van der Waals surface area contributed by atoms with E-state index in [0.29, 0.717) is 0 Å². The molecule has 2 heteroatoms. The molecule has 0 bridgehead atoms. The minimum atomic E-state index is -0.233. The first kappa shape index (κ1) is 10.7. The van der Waals surface area contributed by atoms with E-state index in [2.05, 4.69) is 6.08 Å². The molecule has 2 nitrogen and oxygen atoms in total. The van der Waals surface area contributed by atoms with Crippen molar-refractivity contribution in [3.63, 3.8) is 0 Å². The van der Waals surface area contributed by atoms with Gasteiger partial charge >= 0.3 is 5.97 Å². The maximum absolute atomic E-state index is 12.0. The van der Waals surface area contributed by atoms with Crippen molar-refractivity contribution in [2.75, 3.05) is 7.11 Å². The summed E-state index contributed by atoms with van der Waals surface area (Å²) in [6, 6.07) is 0. The van der Waals surface area contributed by atoms with E-state index < -0.39 is 0 Å². The summed E-state index contributed by atoms with van der Waals surface area (Å²) < 4.78 is 5.03. The third-order valence-corrected chi connectivity index (χ3v) is 3.94. The molecule has 2 rings (SSSR count). The molecule has 0 radical (unpaired) electrons. The summed E-state index contributed by atoms with van der Waals surface area (Å²) in [5, 5.41) is 0. The van der Waals surface area contributed by atoms with Crippen LogP contribution in [-0.4, -0.2) is 13.1 Å². The van der Waals surface area contributed by atoms with Crippen LogP contribution in [0.4, 0.5) is 0 Å². The summed E-state index contributed by atoms with van der Waals surface area (Å²) in [6.07, 6.45) is 11.4. The van der Waals surface area contributed by atoms with Crippen molar-refractivity contribution < 1.29 is 9.53 Å². The number of hydrogen-bond donors (Lipinski definition) is 0. The standard InChI is InChI=1S/C13H20O2/c1-15-12(14)13(9-5-2-6-10-13)11-7-3-4-8-11/h7H,2-6,8-10H2,1H3. The van der Waals surface area contributed by atoms with Crippen molar-refractivity contribution in [2.24, 2.45) is 5.41 Å². The Hall–Kier alpha value is -0.790. The zero-order chi connectivity index (χ0) is 10.7. The number of carbonyl (C=O) groups excluding carboxylic acids is 1. The molecular weight excluding hydrogens is 188 g/mol. The van der Waals surface area contributed by atoms with E-state index in [4.69, 9.17) is 4.74 Å². The van der Waals surface area contributed by atoms with Crippen molar-refractivity contribution in [3.05, 3.63) is 11.6 Å². The van der Waals surface area contributed by atoms with Gasteiger partial charge in [-0.25, -0.2) is 0 Å². The molecule has 15 heavy (non-hydrogen) atoms. The first-order valence-corrected chi connectivity index (χ1v) is 6.07. The van der Waals surface area contributed by atoms with Gasteiger partial charge in [0, 0.05) is 0 Å². The maximum Gasteiger partial charge on any atom is 0.315 e. The van der Waals surface area contributed by atoms with Gasteiger partial charge in [-0.15, -0.1) is 0 Å². The Morgan fingerprint density at radius 1 is 1.27 bits per heavy atom. The largest absolute Gasteiger partial charge is 0.468 e. The third-order valence-electron chi connectivity index (χ3n) is 3.94. The number of methoxy groups -OCH3 is 1. The van der Waals surface area contributed by atoms with Gasteiger partial charge in [0.1, 0.15) is 0 Å². The van der Waals surface area contributed by atoms with E-state index in [1.54, 1.807) is 0 Å². The summed E-state index contributed by atoms with van der Waals surface area (Å²) in [5.74, 6) is 0.00958. The van der Waals surface area contributed by atoms with E-state index in [-0.39, 0.29) is 11.4 Å². The van der Waals surface area contributed by atoms with Gasteiger partial charge < -0.3 is 4.74 Å². The fourth-order valence-electron chi connectivity index (χ4n) is 3.11. The molecule has 0 saturated heterocycles. The van der Waals surface area contributed by atoms with Crippen molar-refractivity contribution in [1.29, 1.82) is 0 Å². The number of esters is 1. The lowest BCUT2D eigenvalue weighted by atomic mass is 9.68. The van der Waals surface area contributed by atoms with Crippen LogP contribution in [-0.2, 0) is 9.53 Å². The van der Waals surface area contributed by atoms with Crippen molar-refractivity contribution >= 4 is 5.97 Å². The lowest BCUT2D eigenvalue weighted by Gasteiger charge is -2.35. The average Bonchev–Trinajstić information content (AvgIpc) is 2.83. The van der Waals surface area contributed by atoms with Gasteiger partial charge in [0.25, 0.3) is 0 Å². The molecule has 0 spiro atoms. The van der Waals surface area contributed by atoms with Gasteiger partial charge in [0.15, 0.2) is 0 Å². The molecule has 1 fully saturated rings. The Morgan fingerprint density at radius 3 is 2.53 bits per heavy atom. The van der Waals surface area contributed by atoms with E-state index in [1.807, 2.05) is 0 Å². The zero-order valence-electron chi connectivity index (χ0n) is 9.55. The van der Waals surface area contributed by atoms with Crippen molar-refractivity contribution in [3.8, 4) is 0 Å². The normalized spacial score (nSPS) is 24.7. The second-order valence-electron chi connectivity index (χ2n) is 4.76. The quantitative estimate of drug-likeness (QED) is 0.514. The Labute approximate surface area is 91.7 Å². The Kier molecular flexibility index (Phi) is 3.13. The van der Waals surface area contributed by atoms with E-state index in [0.717, 1.165) is 25.7 Å². The highest BCUT2D eigenvalue weighted by atomic mass is 16.5. The second-order valence-corrected chi connectivity index (χ2v) is 4.76. The smallest absolute Gasteiger partial charge is 0.315 e. The Bertz CT molecular complexity index is 272. The van der Waals surface area contributed by atoms with Gasteiger partial charge in [-0.05, 0) is 32.1 Å². The zero-order valence-corrected chi connectivity index (χ0v) is 9.55. The molecule has 0 aromatic rings. The third kappa shape index (κ3) is 1.82. The topological polar surface area (TPSA) is 26.3 Å². The summed E-state index contributed by atoms with van der Waals surface area (Å²) in [5.41, 5.74) is 1.14. The maximum atomic E-state index is 12.0. The van der Waals surface area contributed by atoms with E-state index >= 15 is 0 Å². The SMILES string of the molecule is COC(=O)C1(C2=CCCC2)CCCCC1. The molecular formula is C13H20O2. The molecule has 84 valence electrons. The molecule has 2 aliphatic rings. The number of rotatable bonds is 2. The van der Waals surface area contributed by atoms with Gasteiger partial charge in [0.2, 0.25) is 0 Å². The summed E-state index contributed by atoms with van der Waals surface area (Å²) in [6.45, 7) is 0. The molecule has 1 saturated carbocycles. The molecule has 2 aliphatic carbocycles. The van der Waals surface area contributed by atoms with Crippen LogP contribution >= 0.6 is 0 Å². The predicted molar refractivity (Wildman–Crippen MR) is 59.5 cm³/mol. The van der Waals surface area contributed by atoms with E-state index in [9.17, 15) is 4.79 Å². The molecule has 0 heterocycles. The van der Waals surface area contributed by atoms with Crippen LogP contribution in [0.5, 0.6) is 0 Å². The molecule has 0 amide bonds. The van der Waals surface area contributed by atoms with Crippen LogP contribution in [0.15, 0.2) is 11.6 Å². The first-order valence-electron chi connectivity index (χ1n) is 6.07. The second kappa shape index (κ2) is 4.38. The van der Waals surface area contributed by atoms with Crippen LogP contribution in [0, 0.1) is 5.41 Å². The number of allylic oxidation sites excluding steroid dienone is 1. The predicted octanol–water partition coefficient (Wildman–Crippen LogP) is 3.22. The Morgan fingerprint density at radius 2 is 2.00 bits per heavy atom. The number of hydrogen-bond acceptors (Lipinski definition) is 2. The van der Waals surface area contributed by atoms with Crippen LogP contribution in [0.2, 0.25) is 0 Å². The van der Waals surface area contributed by atoms with Crippen LogP contribution in [0.3, 0.4) is 0 Å². The van der Waals surface area contributed by atoms with Crippen LogP contribution < -0.4 is 0 Å². The average molecular weight is 208 g/mol.